The first-order valence-electron chi connectivity index (χ1n) is 6.21. The van der Waals surface area contributed by atoms with Crippen LogP contribution in [0.1, 0.15) is 23.7 Å². The fourth-order valence-corrected chi connectivity index (χ4v) is 1.79. The smallest absolute Gasteiger partial charge is 0.251 e. The minimum atomic E-state index is -0.136. The van der Waals surface area contributed by atoms with Gasteiger partial charge in [0.15, 0.2) is 0 Å². The molecule has 2 aromatic rings. The Balaban J connectivity index is 2.12. The van der Waals surface area contributed by atoms with Crippen molar-refractivity contribution in [3.8, 4) is 5.69 Å². The van der Waals surface area contributed by atoms with Gasteiger partial charge in [-0.15, -0.1) is 0 Å². The average molecular weight is 259 g/mol. The zero-order valence-electron chi connectivity index (χ0n) is 10.8. The van der Waals surface area contributed by atoms with Crippen molar-refractivity contribution < 1.29 is 9.90 Å². The van der Waals surface area contributed by atoms with Crippen LogP contribution in [0, 0.1) is 0 Å². The molecule has 0 saturated carbocycles. The zero-order chi connectivity index (χ0) is 13.7. The second kappa shape index (κ2) is 6.15. The molecule has 5 heteroatoms. The van der Waals surface area contributed by atoms with Gasteiger partial charge in [-0.25, -0.2) is 4.98 Å². The zero-order valence-corrected chi connectivity index (χ0v) is 10.8. The van der Waals surface area contributed by atoms with E-state index in [4.69, 9.17) is 5.11 Å². The Morgan fingerprint density at radius 2 is 2.37 bits per heavy atom. The van der Waals surface area contributed by atoms with Crippen LogP contribution in [-0.4, -0.2) is 33.2 Å². The molecular weight excluding hydrogens is 242 g/mol. The van der Waals surface area contributed by atoms with Crippen molar-refractivity contribution in [2.75, 3.05) is 6.61 Å². The van der Waals surface area contributed by atoms with Gasteiger partial charge in [0.2, 0.25) is 0 Å². The molecule has 5 nitrogen and oxygen atoms in total. The molecule has 0 spiro atoms. The van der Waals surface area contributed by atoms with Crippen molar-refractivity contribution in [1.82, 2.24) is 14.9 Å². The van der Waals surface area contributed by atoms with Crippen LogP contribution in [0.2, 0.25) is 0 Å². The van der Waals surface area contributed by atoms with Gasteiger partial charge >= 0.3 is 0 Å². The lowest BCUT2D eigenvalue weighted by Crippen LogP contribution is -2.33. The predicted molar refractivity (Wildman–Crippen MR) is 72.2 cm³/mol. The molecule has 1 aromatic carbocycles. The van der Waals surface area contributed by atoms with Crippen LogP contribution in [0.25, 0.3) is 5.69 Å². The quantitative estimate of drug-likeness (QED) is 0.852. The number of hydrogen-bond donors (Lipinski definition) is 2. The van der Waals surface area contributed by atoms with Crippen molar-refractivity contribution in [3.63, 3.8) is 0 Å². The fourth-order valence-electron chi connectivity index (χ4n) is 1.79. The number of carbonyl (C=O) groups is 1. The number of benzene rings is 1. The molecule has 1 aromatic heterocycles. The maximum atomic E-state index is 12.0. The molecule has 1 atom stereocenters. The first kappa shape index (κ1) is 13.3. The van der Waals surface area contributed by atoms with Crippen LogP contribution in [0.5, 0.6) is 0 Å². The highest BCUT2D eigenvalue weighted by Crippen LogP contribution is 2.10. The molecule has 1 amide bonds. The Kier molecular flexibility index (Phi) is 4.30. The van der Waals surface area contributed by atoms with E-state index in [0.717, 1.165) is 5.69 Å². The van der Waals surface area contributed by atoms with Crippen LogP contribution in [0.3, 0.4) is 0 Å². The monoisotopic (exact) mass is 259 g/mol. The second-order valence-corrected chi connectivity index (χ2v) is 4.41. The van der Waals surface area contributed by atoms with E-state index < -0.39 is 0 Å². The van der Waals surface area contributed by atoms with Crippen LogP contribution >= 0.6 is 0 Å². The summed E-state index contributed by atoms with van der Waals surface area (Å²) in [6.07, 6.45) is 5.75. The highest BCUT2D eigenvalue weighted by atomic mass is 16.3. The summed E-state index contributed by atoms with van der Waals surface area (Å²) in [5, 5.41) is 11.7. The summed E-state index contributed by atoms with van der Waals surface area (Å²) < 4.78 is 1.84. The van der Waals surface area contributed by atoms with E-state index >= 15 is 0 Å². The third-order valence-corrected chi connectivity index (χ3v) is 2.85. The number of aromatic nitrogens is 2. The number of hydrogen-bond acceptors (Lipinski definition) is 3. The normalized spacial score (nSPS) is 12.1. The minimum absolute atomic E-state index is 0.0469. The molecule has 0 saturated heterocycles. The van der Waals surface area contributed by atoms with Gasteiger partial charge in [-0.05, 0) is 31.5 Å². The Morgan fingerprint density at radius 3 is 3.05 bits per heavy atom. The Labute approximate surface area is 111 Å². The van der Waals surface area contributed by atoms with Gasteiger partial charge in [-0.2, -0.15) is 0 Å². The molecule has 2 N–H and O–H groups in total. The molecule has 100 valence electrons. The lowest BCUT2D eigenvalue weighted by atomic mass is 10.1. The van der Waals surface area contributed by atoms with Crippen molar-refractivity contribution in [2.45, 2.75) is 19.4 Å². The summed E-state index contributed by atoms with van der Waals surface area (Å²) in [6, 6.07) is 7.27. The second-order valence-electron chi connectivity index (χ2n) is 4.41. The largest absolute Gasteiger partial charge is 0.396 e. The molecule has 0 aliphatic heterocycles. The molecule has 2 rings (SSSR count). The number of nitrogens with zero attached hydrogens (tertiary/aromatic N) is 2. The molecule has 0 radical (unpaired) electrons. The van der Waals surface area contributed by atoms with Crippen molar-refractivity contribution in [1.29, 1.82) is 0 Å². The highest BCUT2D eigenvalue weighted by Gasteiger charge is 2.10. The summed E-state index contributed by atoms with van der Waals surface area (Å²) in [5.41, 5.74) is 1.48. The summed E-state index contributed by atoms with van der Waals surface area (Å²) in [7, 11) is 0. The summed E-state index contributed by atoms with van der Waals surface area (Å²) in [4.78, 5) is 16.0. The maximum absolute atomic E-state index is 12.0. The van der Waals surface area contributed by atoms with E-state index in [9.17, 15) is 4.79 Å². The molecular formula is C14H17N3O2. The van der Waals surface area contributed by atoms with E-state index in [-0.39, 0.29) is 18.6 Å². The Hall–Kier alpha value is -2.14. The first-order chi connectivity index (χ1) is 9.20. The van der Waals surface area contributed by atoms with Gasteiger partial charge in [0.25, 0.3) is 5.91 Å². The SMILES string of the molecule is CC(CCO)NC(=O)c1cccc(-n2ccnc2)c1. The van der Waals surface area contributed by atoms with Crippen LogP contribution in [-0.2, 0) is 0 Å². The van der Waals surface area contributed by atoms with Gasteiger partial charge in [0.05, 0.1) is 6.33 Å². The fraction of sp³-hybridized carbons (Fsp3) is 0.286. The van der Waals surface area contributed by atoms with Gasteiger partial charge in [-0.1, -0.05) is 6.07 Å². The third kappa shape index (κ3) is 3.42. The number of rotatable bonds is 5. The third-order valence-electron chi connectivity index (χ3n) is 2.85. The first-order valence-corrected chi connectivity index (χ1v) is 6.21. The maximum Gasteiger partial charge on any atom is 0.251 e. The number of carbonyl (C=O) groups excluding carboxylic acids is 1. The van der Waals surface area contributed by atoms with Gasteiger partial charge < -0.3 is 15.0 Å². The van der Waals surface area contributed by atoms with E-state index in [2.05, 4.69) is 10.3 Å². The lowest BCUT2D eigenvalue weighted by Gasteiger charge is -2.13. The number of nitrogens with one attached hydrogen (secondary N) is 1. The summed E-state index contributed by atoms with van der Waals surface area (Å²) in [5.74, 6) is -0.136. The molecule has 0 aliphatic rings. The van der Waals surface area contributed by atoms with E-state index in [1.165, 1.54) is 0 Å². The van der Waals surface area contributed by atoms with Gasteiger partial charge in [0, 0.05) is 36.3 Å². The molecule has 1 unspecified atom stereocenters. The van der Waals surface area contributed by atoms with Crippen LogP contribution in [0.15, 0.2) is 43.0 Å². The number of amides is 1. The van der Waals surface area contributed by atoms with E-state index in [0.29, 0.717) is 12.0 Å². The van der Waals surface area contributed by atoms with Crippen molar-refractivity contribution >= 4 is 5.91 Å². The standard InChI is InChI=1S/C14H17N3O2/c1-11(5-8-18)16-14(19)12-3-2-4-13(9-12)17-7-6-15-10-17/h2-4,6-7,9-11,18H,5,8H2,1H3,(H,16,19). The number of aliphatic hydroxyl groups excluding tert-OH is 1. The molecule has 0 bridgehead atoms. The van der Waals surface area contributed by atoms with E-state index in [1.54, 1.807) is 18.6 Å². The molecule has 0 aliphatic carbocycles. The molecule has 0 fully saturated rings. The lowest BCUT2D eigenvalue weighted by molar-refractivity contribution is 0.0934. The predicted octanol–water partition coefficient (Wildman–Crippen LogP) is 1.37. The number of aliphatic hydroxyl groups is 1. The summed E-state index contributed by atoms with van der Waals surface area (Å²) in [6.45, 7) is 1.93. The number of imidazole rings is 1. The van der Waals surface area contributed by atoms with E-state index in [1.807, 2.05) is 35.9 Å². The highest BCUT2D eigenvalue weighted by molar-refractivity contribution is 5.94. The topological polar surface area (TPSA) is 67.2 Å². The minimum Gasteiger partial charge on any atom is -0.396 e. The summed E-state index contributed by atoms with van der Waals surface area (Å²) >= 11 is 0. The van der Waals surface area contributed by atoms with Gasteiger partial charge in [0.1, 0.15) is 0 Å². The van der Waals surface area contributed by atoms with Crippen LogP contribution in [0.4, 0.5) is 0 Å². The van der Waals surface area contributed by atoms with Gasteiger partial charge in [-0.3, -0.25) is 4.79 Å². The Bertz CT molecular complexity index is 537. The Morgan fingerprint density at radius 1 is 1.53 bits per heavy atom. The van der Waals surface area contributed by atoms with Crippen LogP contribution < -0.4 is 5.32 Å². The average Bonchev–Trinajstić information content (AvgIpc) is 2.93. The van der Waals surface area contributed by atoms with Crippen molar-refractivity contribution in [3.05, 3.63) is 48.5 Å². The van der Waals surface area contributed by atoms with Crippen molar-refractivity contribution in [2.24, 2.45) is 0 Å². The molecule has 19 heavy (non-hydrogen) atoms. The molecule has 1 heterocycles.